The van der Waals surface area contributed by atoms with E-state index in [9.17, 15) is 9.18 Å². The average molecular weight is 384 g/mol. The predicted octanol–water partition coefficient (Wildman–Crippen LogP) is 3.73. The number of hydrogen-bond donors (Lipinski definition) is 1. The summed E-state index contributed by atoms with van der Waals surface area (Å²) in [6.07, 6.45) is 0.592. The average Bonchev–Trinajstić information content (AvgIpc) is 2.88. The predicted molar refractivity (Wildman–Crippen MR) is 89.5 cm³/mol. The molecule has 0 fully saturated rings. The third kappa shape index (κ3) is 4.62. The second kappa shape index (κ2) is 7.70. The number of rotatable bonds is 6. The van der Waals surface area contributed by atoms with Crippen LogP contribution in [-0.4, -0.2) is 29.1 Å². The fourth-order valence-electron chi connectivity index (χ4n) is 2.38. The first-order valence-electron chi connectivity index (χ1n) is 7.29. The van der Waals surface area contributed by atoms with E-state index >= 15 is 0 Å². The molecule has 0 radical (unpaired) electrons. The lowest BCUT2D eigenvalue weighted by Crippen LogP contribution is -2.41. The van der Waals surface area contributed by atoms with Crippen LogP contribution in [0.1, 0.15) is 24.7 Å². The van der Waals surface area contributed by atoms with Gasteiger partial charge in [-0.05, 0) is 38.6 Å². The molecule has 1 heterocycles. The molecule has 0 spiro atoms. The zero-order chi connectivity index (χ0) is 17.0. The Kier molecular flexibility index (Phi) is 5.90. The molecule has 1 aromatic heterocycles. The van der Waals surface area contributed by atoms with Gasteiger partial charge in [-0.25, -0.2) is 4.39 Å². The summed E-state index contributed by atoms with van der Waals surface area (Å²) in [4.78, 5) is 14.2. The molecular weight excluding hydrogens is 365 g/mol. The number of amides is 1. The van der Waals surface area contributed by atoms with Gasteiger partial charge < -0.3 is 9.84 Å². The summed E-state index contributed by atoms with van der Waals surface area (Å²) in [7, 11) is 1.79. The molecule has 124 valence electrons. The highest BCUT2D eigenvalue weighted by molar-refractivity contribution is 9.10. The van der Waals surface area contributed by atoms with Crippen LogP contribution in [0.5, 0.6) is 0 Å². The van der Waals surface area contributed by atoms with Crippen molar-refractivity contribution in [3.63, 3.8) is 0 Å². The van der Waals surface area contributed by atoms with E-state index in [4.69, 9.17) is 4.52 Å². The molecule has 0 aliphatic rings. The lowest BCUT2D eigenvalue weighted by molar-refractivity contribution is -0.121. The molecule has 1 aromatic carbocycles. The van der Waals surface area contributed by atoms with E-state index in [0.29, 0.717) is 30.1 Å². The third-order valence-electron chi connectivity index (χ3n) is 3.53. The van der Waals surface area contributed by atoms with Crippen molar-refractivity contribution in [2.75, 3.05) is 12.4 Å². The normalized spacial score (nSPS) is 12.4. The molecule has 23 heavy (non-hydrogen) atoms. The third-order valence-corrected chi connectivity index (χ3v) is 4.02. The lowest BCUT2D eigenvalue weighted by Gasteiger charge is -2.26. The van der Waals surface area contributed by atoms with Crippen LogP contribution in [0.4, 0.5) is 10.2 Å². The highest BCUT2D eigenvalue weighted by Gasteiger charge is 2.23. The van der Waals surface area contributed by atoms with E-state index in [1.54, 1.807) is 32.2 Å². The number of hydrogen-bond acceptors (Lipinski definition) is 4. The van der Waals surface area contributed by atoms with E-state index < -0.39 is 6.04 Å². The standard InChI is InChI=1S/C16H19BrFN3O2/c1-4-14(16(22)19-15-7-10(2)23-20-15)21(3)9-11-8-12(17)5-6-13(11)18/h5-8,14H,4,9H2,1-3H3,(H,19,20,22). The maximum atomic E-state index is 13.9. The Morgan fingerprint density at radius 2 is 2.22 bits per heavy atom. The van der Waals surface area contributed by atoms with Crippen molar-refractivity contribution >= 4 is 27.7 Å². The van der Waals surface area contributed by atoms with Gasteiger partial charge in [0.2, 0.25) is 5.91 Å². The van der Waals surface area contributed by atoms with Gasteiger partial charge in [-0.15, -0.1) is 0 Å². The molecule has 0 aliphatic heterocycles. The first kappa shape index (κ1) is 17.6. The largest absolute Gasteiger partial charge is 0.360 e. The van der Waals surface area contributed by atoms with Crippen LogP contribution in [0, 0.1) is 12.7 Å². The molecule has 2 rings (SSSR count). The summed E-state index contributed by atoms with van der Waals surface area (Å²) in [5.74, 6) is 0.520. The van der Waals surface area contributed by atoms with Crippen molar-refractivity contribution < 1.29 is 13.7 Å². The van der Waals surface area contributed by atoms with Crippen LogP contribution in [0.2, 0.25) is 0 Å². The summed E-state index contributed by atoms with van der Waals surface area (Å²) in [5.41, 5.74) is 0.533. The van der Waals surface area contributed by atoms with Crippen LogP contribution < -0.4 is 5.32 Å². The van der Waals surface area contributed by atoms with Gasteiger partial charge in [0.25, 0.3) is 0 Å². The first-order chi connectivity index (χ1) is 10.9. The monoisotopic (exact) mass is 383 g/mol. The molecule has 0 aliphatic carbocycles. The number of carbonyl (C=O) groups excluding carboxylic acids is 1. The molecule has 0 bridgehead atoms. The van der Waals surface area contributed by atoms with E-state index in [2.05, 4.69) is 26.4 Å². The minimum atomic E-state index is -0.398. The fraction of sp³-hybridized carbons (Fsp3) is 0.375. The molecule has 0 saturated heterocycles. The minimum absolute atomic E-state index is 0.196. The van der Waals surface area contributed by atoms with Gasteiger partial charge in [0, 0.05) is 22.6 Å². The van der Waals surface area contributed by atoms with Gasteiger partial charge in [0.1, 0.15) is 11.6 Å². The Balaban J connectivity index is 2.06. The van der Waals surface area contributed by atoms with Crippen molar-refractivity contribution in [1.82, 2.24) is 10.1 Å². The summed E-state index contributed by atoms with van der Waals surface area (Å²) >= 11 is 3.33. The Hall–Kier alpha value is -1.73. The quantitative estimate of drug-likeness (QED) is 0.825. The number of aryl methyl sites for hydroxylation is 1. The molecule has 5 nitrogen and oxygen atoms in total. The van der Waals surface area contributed by atoms with E-state index in [1.807, 2.05) is 11.8 Å². The molecule has 0 saturated carbocycles. The van der Waals surface area contributed by atoms with Crippen LogP contribution >= 0.6 is 15.9 Å². The summed E-state index contributed by atoms with van der Waals surface area (Å²) in [5, 5.41) is 6.47. The summed E-state index contributed by atoms with van der Waals surface area (Å²) in [6, 6.07) is 6.03. The molecule has 1 amide bonds. The van der Waals surface area contributed by atoms with Crippen molar-refractivity contribution in [3.05, 3.63) is 45.9 Å². The number of nitrogens with one attached hydrogen (secondary N) is 1. The highest BCUT2D eigenvalue weighted by atomic mass is 79.9. The summed E-state index contributed by atoms with van der Waals surface area (Å²) in [6.45, 7) is 3.99. The van der Waals surface area contributed by atoms with Gasteiger partial charge in [-0.1, -0.05) is 28.0 Å². The minimum Gasteiger partial charge on any atom is -0.360 e. The van der Waals surface area contributed by atoms with Gasteiger partial charge in [-0.2, -0.15) is 0 Å². The maximum Gasteiger partial charge on any atom is 0.242 e. The first-order valence-corrected chi connectivity index (χ1v) is 8.08. The topological polar surface area (TPSA) is 58.4 Å². The number of aromatic nitrogens is 1. The van der Waals surface area contributed by atoms with Crippen LogP contribution in [0.3, 0.4) is 0 Å². The van der Waals surface area contributed by atoms with E-state index in [0.717, 1.165) is 4.47 Å². The Morgan fingerprint density at radius 1 is 1.48 bits per heavy atom. The molecule has 1 N–H and O–H groups in total. The van der Waals surface area contributed by atoms with Crippen molar-refractivity contribution in [3.8, 4) is 0 Å². The smallest absolute Gasteiger partial charge is 0.242 e. The van der Waals surface area contributed by atoms with Gasteiger partial charge in [0.05, 0.1) is 6.04 Å². The Labute approximate surface area is 143 Å². The van der Waals surface area contributed by atoms with E-state index in [-0.39, 0.29) is 11.7 Å². The molecule has 1 unspecified atom stereocenters. The second-order valence-electron chi connectivity index (χ2n) is 5.39. The van der Waals surface area contributed by atoms with Crippen LogP contribution in [0.25, 0.3) is 0 Å². The van der Waals surface area contributed by atoms with Gasteiger partial charge in [0.15, 0.2) is 5.82 Å². The number of likely N-dealkylation sites (N-methyl/N-ethyl adjacent to an activating group) is 1. The van der Waals surface area contributed by atoms with Crippen LogP contribution in [-0.2, 0) is 11.3 Å². The van der Waals surface area contributed by atoms with Gasteiger partial charge in [-0.3, -0.25) is 9.69 Å². The molecule has 7 heteroatoms. The highest BCUT2D eigenvalue weighted by Crippen LogP contribution is 2.19. The summed E-state index contributed by atoms with van der Waals surface area (Å²) < 4.78 is 19.6. The lowest BCUT2D eigenvalue weighted by atomic mass is 10.1. The second-order valence-corrected chi connectivity index (χ2v) is 6.30. The fourth-order valence-corrected chi connectivity index (χ4v) is 2.78. The zero-order valence-electron chi connectivity index (χ0n) is 13.3. The number of anilines is 1. The zero-order valence-corrected chi connectivity index (χ0v) is 14.9. The Bertz CT molecular complexity index is 690. The van der Waals surface area contributed by atoms with E-state index in [1.165, 1.54) is 6.07 Å². The van der Waals surface area contributed by atoms with Gasteiger partial charge >= 0.3 is 0 Å². The molecule has 2 aromatic rings. The van der Waals surface area contributed by atoms with Crippen molar-refractivity contribution in [2.24, 2.45) is 0 Å². The molecule has 1 atom stereocenters. The number of halogens is 2. The number of nitrogens with zero attached hydrogens (tertiary/aromatic N) is 2. The maximum absolute atomic E-state index is 13.9. The van der Waals surface area contributed by atoms with Crippen molar-refractivity contribution in [2.45, 2.75) is 32.9 Å². The number of benzene rings is 1. The molecular formula is C16H19BrFN3O2. The van der Waals surface area contributed by atoms with Crippen molar-refractivity contribution in [1.29, 1.82) is 0 Å². The SMILES string of the molecule is CCC(C(=O)Nc1cc(C)on1)N(C)Cc1cc(Br)ccc1F. The van der Waals surface area contributed by atoms with Crippen LogP contribution in [0.15, 0.2) is 33.3 Å². The Morgan fingerprint density at radius 3 is 2.83 bits per heavy atom. The number of carbonyl (C=O) groups is 1.